The molecule has 28 heavy (non-hydrogen) atoms. The van der Waals surface area contributed by atoms with Crippen LogP contribution in [0.5, 0.6) is 5.75 Å². The van der Waals surface area contributed by atoms with E-state index >= 15 is 0 Å². The number of nitrogens with one attached hydrogen (secondary N) is 1. The number of ether oxygens (including phenoxy) is 1. The van der Waals surface area contributed by atoms with Crippen molar-refractivity contribution in [3.63, 3.8) is 0 Å². The molecule has 1 amide bonds. The van der Waals surface area contributed by atoms with E-state index in [4.69, 9.17) is 4.74 Å². The van der Waals surface area contributed by atoms with Gasteiger partial charge in [0.15, 0.2) is 9.84 Å². The van der Waals surface area contributed by atoms with Crippen LogP contribution in [0.1, 0.15) is 44.6 Å². The second-order valence-corrected chi connectivity index (χ2v) is 9.85. The number of piperidine rings is 1. The van der Waals surface area contributed by atoms with Crippen LogP contribution in [0.25, 0.3) is 0 Å². The number of amides is 1. The second kappa shape index (κ2) is 11.4. The maximum Gasteiger partial charge on any atom is 0.235 e. The number of unbranched alkanes of at least 4 members (excludes halogenated alkanes) is 2. The van der Waals surface area contributed by atoms with Gasteiger partial charge < -0.3 is 10.1 Å². The number of sulfone groups is 1. The number of hydrogen-bond donors (Lipinski definition) is 1. The maximum atomic E-state index is 12.0. The highest BCUT2D eigenvalue weighted by molar-refractivity contribution is 7.92. The molecular weight excluding hydrogens is 376 g/mol. The molecule has 0 bridgehead atoms. The molecule has 0 radical (unpaired) electrons. The molecule has 1 aromatic rings. The minimum Gasteiger partial charge on any atom is -0.497 e. The SMILES string of the molecule is CCCCCS(=O)(=O)CC(=O)NCC1CCN(Cc2ccc(OC)cc2)CC1. The first-order valence-corrected chi connectivity index (χ1v) is 12.1. The summed E-state index contributed by atoms with van der Waals surface area (Å²) in [5.41, 5.74) is 1.26. The smallest absolute Gasteiger partial charge is 0.235 e. The Morgan fingerprint density at radius 3 is 2.46 bits per heavy atom. The van der Waals surface area contributed by atoms with Crippen molar-refractivity contribution in [1.82, 2.24) is 10.2 Å². The van der Waals surface area contributed by atoms with E-state index in [9.17, 15) is 13.2 Å². The summed E-state index contributed by atoms with van der Waals surface area (Å²) in [6.07, 6.45) is 4.52. The predicted octanol–water partition coefficient (Wildman–Crippen LogP) is 2.63. The van der Waals surface area contributed by atoms with Crippen molar-refractivity contribution in [1.29, 1.82) is 0 Å². The van der Waals surface area contributed by atoms with E-state index in [-0.39, 0.29) is 17.4 Å². The van der Waals surface area contributed by atoms with Crippen molar-refractivity contribution >= 4 is 15.7 Å². The van der Waals surface area contributed by atoms with E-state index in [0.29, 0.717) is 18.9 Å². The second-order valence-electron chi connectivity index (χ2n) is 7.67. The van der Waals surface area contributed by atoms with E-state index in [1.54, 1.807) is 7.11 Å². The molecule has 0 aliphatic carbocycles. The molecule has 1 N–H and O–H groups in total. The average molecular weight is 411 g/mol. The molecule has 0 atom stereocenters. The lowest BCUT2D eigenvalue weighted by atomic mass is 9.96. The quantitative estimate of drug-likeness (QED) is 0.568. The first-order valence-electron chi connectivity index (χ1n) is 10.2. The van der Waals surface area contributed by atoms with E-state index in [2.05, 4.69) is 22.3 Å². The summed E-state index contributed by atoms with van der Waals surface area (Å²) < 4.78 is 29.1. The molecule has 6 nitrogen and oxygen atoms in total. The average Bonchev–Trinajstić information content (AvgIpc) is 2.68. The zero-order chi connectivity index (χ0) is 20.4. The Labute approximate surface area is 169 Å². The lowest BCUT2D eigenvalue weighted by Crippen LogP contribution is -2.40. The molecule has 1 aliphatic heterocycles. The van der Waals surface area contributed by atoms with Gasteiger partial charge in [0.1, 0.15) is 11.5 Å². The maximum absolute atomic E-state index is 12.0. The van der Waals surface area contributed by atoms with E-state index in [0.717, 1.165) is 51.1 Å². The standard InChI is InChI=1S/C21H34N2O4S/c1-3-4-5-14-28(25,26)17-21(24)22-15-18-10-12-23(13-11-18)16-19-6-8-20(27-2)9-7-19/h6-9,18H,3-5,10-17H2,1-2H3,(H,22,24). The van der Waals surface area contributed by atoms with Gasteiger partial charge in [0.25, 0.3) is 0 Å². The third kappa shape index (κ3) is 8.19. The Kier molecular flexibility index (Phi) is 9.25. The number of methoxy groups -OCH3 is 1. The normalized spacial score (nSPS) is 16.1. The molecule has 0 saturated carbocycles. The number of carbonyl (C=O) groups is 1. The van der Waals surface area contributed by atoms with Crippen LogP contribution in [0, 0.1) is 5.92 Å². The topological polar surface area (TPSA) is 75.7 Å². The monoisotopic (exact) mass is 410 g/mol. The number of likely N-dealkylation sites (tertiary alicyclic amines) is 1. The van der Waals surface area contributed by atoms with Gasteiger partial charge in [-0.15, -0.1) is 0 Å². The van der Waals surface area contributed by atoms with Crippen LogP contribution >= 0.6 is 0 Å². The summed E-state index contributed by atoms with van der Waals surface area (Å²) in [6, 6.07) is 8.14. The Hall–Kier alpha value is -1.60. The third-order valence-electron chi connectivity index (χ3n) is 5.27. The lowest BCUT2D eigenvalue weighted by molar-refractivity contribution is -0.118. The molecule has 7 heteroatoms. The Morgan fingerprint density at radius 1 is 1.18 bits per heavy atom. The van der Waals surface area contributed by atoms with Crippen molar-refractivity contribution in [3.05, 3.63) is 29.8 Å². The van der Waals surface area contributed by atoms with Gasteiger partial charge in [0.2, 0.25) is 5.91 Å². The first-order chi connectivity index (χ1) is 13.4. The lowest BCUT2D eigenvalue weighted by Gasteiger charge is -2.32. The van der Waals surface area contributed by atoms with Crippen molar-refractivity contribution in [2.24, 2.45) is 5.92 Å². The minimum absolute atomic E-state index is 0.109. The molecule has 1 aromatic carbocycles. The van der Waals surface area contributed by atoms with Gasteiger partial charge in [0, 0.05) is 13.1 Å². The van der Waals surface area contributed by atoms with Crippen molar-refractivity contribution in [2.75, 3.05) is 38.2 Å². The zero-order valence-corrected chi connectivity index (χ0v) is 18.0. The number of carbonyl (C=O) groups excluding carboxylic acids is 1. The van der Waals surface area contributed by atoms with E-state index in [1.807, 2.05) is 19.1 Å². The van der Waals surface area contributed by atoms with Crippen molar-refractivity contribution < 1.29 is 17.9 Å². The first kappa shape index (κ1) is 22.7. The summed E-state index contributed by atoms with van der Waals surface area (Å²) in [5, 5.41) is 2.83. The minimum atomic E-state index is -3.28. The fourth-order valence-corrected chi connectivity index (χ4v) is 4.78. The molecule has 1 saturated heterocycles. The van der Waals surface area contributed by atoms with Gasteiger partial charge in [0.05, 0.1) is 12.9 Å². The van der Waals surface area contributed by atoms with Crippen LogP contribution in [0.3, 0.4) is 0 Å². The van der Waals surface area contributed by atoms with Gasteiger partial charge in [-0.05, 0) is 56.0 Å². The molecule has 0 aromatic heterocycles. The molecule has 0 unspecified atom stereocenters. The van der Waals surface area contributed by atoms with Gasteiger partial charge in [-0.2, -0.15) is 0 Å². The Bertz CT molecular complexity index is 696. The highest BCUT2D eigenvalue weighted by Crippen LogP contribution is 2.19. The summed E-state index contributed by atoms with van der Waals surface area (Å²) in [4.78, 5) is 14.4. The molecule has 0 spiro atoms. The predicted molar refractivity (Wildman–Crippen MR) is 112 cm³/mol. The molecular formula is C21H34N2O4S. The molecule has 2 rings (SSSR count). The number of hydrogen-bond acceptors (Lipinski definition) is 5. The van der Waals surface area contributed by atoms with Gasteiger partial charge >= 0.3 is 0 Å². The van der Waals surface area contributed by atoms with Crippen molar-refractivity contribution in [2.45, 2.75) is 45.6 Å². The molecule has 1 fully saturated rings. The van der Waals surface area contributed by atoms with Gasteiger partial charge in [-0.25, -0.2) is 8.42 Å². The Morgan fingerprint density at radius 2 is 1.86 bits per heavy atom. The van der Waals surface area contributed by atoms with Crippen LogP contribution in [-0.4, -0.2) is 57.5 Å². The van der Waals surface area contributed by atoms with E-state index < -0.39 is 9.84 Å². The zero-order valence-electron chi connectivity index (χ0n) is 17.2. The summed E-state index contributed by atoms with van der Waals surface area (Å²) in [5.74, 6) is 0.645. The Balaban J connectivity index is 1.65. The van der Waals surface area contributed by atoms with Crippen molar-refractivity contribution in [3.8, 4) is 5.75 Å². The number of nitrogens with zero attached hydrogens (tertiary/aromatic N) is 1. The summed E-state index contributed by atoms with van der Waals surface area (Å²) >= 11 is 0. The fourth-order valence-electron chi connectivity index (χ4n) is 3.49. The molecule has 1 heterocycles. The highest BCUT2D eigenvalue weighted by Gasteiger charge is 2.21. The fraction of sp³-hybridized carbons (Fsp3) is 0.667. The molecule has 158 valence electrons. The highest BCUT2D eigenvalue weighted by atomic mass is 32.2. The van der Waals surface area contributed by atoms with Gasteiger partial charge in [-0.3, -0.25) is 9.69 Å². The van der Waals surface area contributed by atoms with Crippen LogP contribution in [0.2, 0.25) is 0 Å². The van der Waals surface area contributed by atoms with Crippen LogP contribution < -0.4 is 10.1 Å². The van der Waals surface area contributed by atoms with Crippen LogP contribution in [-0.2, 0) is 21.2 Å². The number of rotatable bonds is 11. The van der Waals surface area contributed by atoms with Crippen LogP contribution in [0.15, 0.2) is 24.3 Å². The largest absolute Gasteiger partial charge is 0.497 e. The summed E-state index contributed by atoms with van der Waals surface area (Å²) in [6.45, 7) is 5.49. The van der Waals surface area contributed by atoms with Crippen LogP contribution in [0.4, 0.5) is 0 Å². The third-order valence-corrected chi connectivity index (χ3v) is 6.88. The van der Waals surface area contributed by atoms with E-state index in [1.165, 1.54) is 5.56 Å². The van der Waals surface area contributed by atoms with Gasteiger partial charge in [-0.1, -0.05) is 31.9 Å². The summed E-state index contributed by atoms with van der Waals surface area (Å²) in [7, 11) is -1.62. The molecule has 1 aliphatic rings. The number of benzene rings is 1.